The average Bonchev–Trinajstić information content (AvgIpc) is 3.59. The number of hydrogen-bond acceptors (Lipinski definition) is 9. The second kappa shape index (κ2) is 9.09. The smallest absolute Gasteiger partial charge is 0.414 e. The van der Waals surface area contributed by atoms with E-state index in [2.05, 4.69) is 25.4 Å². The van der Waals surface area contributed by atoms with Crippen LogP contribution in [0.1, 0.15) is 17.9 Å². The number of anilines is 1. The largest absolute Gasteiger partial charge is 0.442 e. The molecular formula is C21H19F2N7O4. The molecule has 2 aliphatic heterocycles. The Morgan fingerprint density at radius 2 is 2.03 bits per heavy atom. The first kappa shape index (κ1) is 21.8. The minimum absolute atomic E-state index is 0.158. The molecule has 2 atom stereocenters. The van der Waals surface area contributed by atoms with Crippen LogP contribution in [0, 0.1) is 5.82 Å². The molecule has 0 radical (unpaired) electrons. The minimum atomic E-state index is -0.733. The first-order chi connectivity index (χ1) is 16.5. The Morgan fingerprint density at radius 3 is 2.71 bits per heavy atom. The van der Waals surface area contributed by atoms with Crippen LogP contribution < -0.4 is 4.90 Å². The van der Waals surface area contributed by atoms with E-state index in [1.165, 1.54) is 40.3 Å². The maximum Gasteiger partial charge on any atom is 0.414 e. The maximum absolute atomic E-state index is 14.9. The summed E-state index contributed by atoms with van der Waals surface area (Å²) in [4.78, 5) is 27.2. The summed E-state index contributed by atoms with van der Waals surface area (Å²) < 4.78 is 34.3. The Labute approximate surface area is 191 Å². The molecule has 2 aromatic heterocycles. The molecule has 176 valence electrons. The van der Waals surface area contributed by atoms with Gasteiger partial charge in [-0.05, 0) is 18.2 Å². The SMILES string of the molecule is O=C1OC(Cn2cc(CF)nn2)CN1c1ccc(-c2cnc(C3=NOC(CO)C3)nc2)c(F)c1. The number of nitrogens with zero attached hydrogens (tertiary/aromatic N) is 7. The maximum atomic E-state index is 14.9. The lowest BCUT2D eigenvalue weighted by molar-refractivity contribution is 0.0390. The van der Waals surface area contributed by atoms with Crippen LogP contribution in [0.4, 0.5) is 19.3 Å². The number of cyclic esters (lactones) is 1. The molecule has 2 aliphatic rings. The number of halogens is 2. The van der Waals surface area contributed by atoms with Crippen LogP contribution in [-0.4, -0.2) is 67.2 Å². The number of alkyl halides is 1. The Hall–Kier alpha value is -4.00. The van der Waals surface area contributed by atoms with Crippen molar-refractivity contribution in [1.82, 2.24) is 25.0 Å². The Balaban J connectivity index is 1.27. The van der Waals surface area contributed by atoms with E-state index in [0.29, 0.717) is 29.2 Å². The van der Waals surface area contributed by atoms with Crippen molar-refractivity contribution in [2.45, 2.75) is 31.8 Å². The van der Waals surface area contributed by atoms with Gasteiger partial charge in [0.1, 0.15) is 30.0 Å². The predicted octanol–water partition coefficient (Wildman–Crippen LogP) is 1.85. The van der Waals surface area contributed by atoms with Crippen molar-refractivity contribution < 1.29 is 28.3 Å². The van der Waals surface area contributed by atoms with Crippen LogP contribution >= 0.6 is 0 Å². The summed E-state index contributed by atoms with van der Waals surface area (Å²) in [5.74, 6) is -0.218. The fourth-order valence-electron chi connectivity index (χ4n) is 3.71. The Bertz CT molecular complexity index is 1230. The first-order valence-electron chi connectivity index (χ1n) is 10.4. The van der Waals surface area contributed by atoms with E-state index in [0.717, 1.165) is 0 Å². The topological polar surface area (TPSA) is 128 Å². The number of benzene rings is 1. The summed E-state index contributed by atoms with van der Waals surface area (Å²) in [7, 11) is 0. The van der Waals surface area contributed by atoms with Crippen molar-refractivity contribution in [1.29, 1.82) is 0 Å². The van der Waals surface area contributed by atoms with E-state index >= 15 is 0 Å². The van der Waals surface area contributed by atoms with E-state index in [4.69, 9.17) is 14.7 Å². The highest BCUT2D eigenvalue weighted by Crippen LogP contribution is 2.29. The number of hydrogen-bond donors (Lipinski definition) is 1. The number of oxime groups is 1. The second-order valence-electron chi connectivity index (χ2n) is 7.79. The quantitative estimate of drug-likeness (QED) is 0.553. The van der Waals surface area contributed by atoms with Gasteiger partial charge in [-0.2, -0.15) is 0 Å². The zero-order chi connectivity index (χ0) is 23.7. The predicted molar refractivity (Wildman–Crippen MR) is 113 cm³/mol. The molecule has 34 heavy (non-hydrogen) atoms. The van der Waals surface area contributed by atoms with Gasteiger partial charge >= 0.3 is 6.09 Å². The van der Waals surface area contributed by atoms with Crippen molar-refractivity contribution >= 4 is 17.5 Å². The van der Waals surface area contributed by atoms with Gasteiger partial charge in [0.05, 0.1) is 31.6 Å². The molecule has 5 rings (SSSR count). The van der Waals surface area contributed by atoms with E-state index in [1.807, 2.05) is 0 Å². The standard InChI is InChI=1S/C21H19F2N7O4/c22-5-13-8-29(28-26-13)9-16-10-30(21(32)33-16)14-1-2-17(18(23)3-14)12-6-24-20(25-7-12)19-4-15(11-31)34-27-19/h1-3,6-8,15-16,31H,4-5,9-11H2. The molecule has 3 aromatic rings. The second-order valence-corrected chi connectivity index (χ2v) is 7.79. The summed E-state index contributed by atoms with van der Waals surface area (Å²) in [6.07, 6.45) is 3.20. The van der Waals surface area contributed by atoms with Crippen LogP contribution in [-0.2, 0) is 22.8 Å². The first-order valence-corrected chi connectivity index (χ1v) is 10.4. The molecule has 2 unspecified atom stereocenters. The number of amides is 1. The average molecular weight is 471 g/mol. The highest BCUT2D eigenvalue weighted by Gasteiger charge is 2.33. The zero-order valence-corrected chi connectivity index (χ0v) is 17.7. The molecule has 1 saturated heterocycles. The van der Waals surface area contributed by atoms with Crippen LogP contribution in [0.25, 0.3) is 11.1 Å². The lowest BCUT2D eigenvalue weighted by Crippen LogP contribution is -2.26. The number of aliphatic hydroxyl groups excluding tert-OH is 1. The summed E-state index contributed by atoms with van der Waals surface area (Å²) in [5.41, 5.74) is 1.74. The molecule has 1 aromatic carbocycles. The third-order valence-corrected chi connectivity index (χ3v) is 5.41. The van der Waals surface area contributed by atoms with Gasteiger partial charge in [-0.1, -0.05) is 10.4 Å². The zero-order valence-electron chi connectivity index (χ0n) is 17.7. The van der Waals surface area contributed by atoms with Crippen LogP contribution in [0.3, 0.4) is 0 Å². The molecule has 0 aliphatic carbocycles. The number of ether oxygens (including phenoxy) is 1. The molecule has 4 heterocycles. The van der Waals surface area contributed by atoms with Crippen molar-refractivity contribution in [3.8, 4) is 11.1 Å². The third kappa shape index (κ3) is 4.29. The third-order valence-electron chi connectivity index (χ3n) is 5.41. The minimum Gasteiger partial charge on any atom is -0.442 e. The van der Waals surface area contributed by atoms with Gasteiger partial charge in [0.2, 0.25) is 0 Å². The van der Waals surface area contributed by atoms with Gasteiger partial charge in [0.25, 0.3) is 0 Å². The Kier molecular flexibility index (Phi) is 5.84. The lowest BCUT2D eigenvalue weighted by atomic mass is 10.1. The fraction of sp³-hybridized carbons (Fsp3) is 0.333. The number of carbonyl (C=O) groups excluding carboxylic acids is 1. The van der Waals surface area contributed by atoms with Crippen LogP contribution in [0.2, 0.25) is 0 Å². The number of aromatic nitrogens is 5. The van der Waals surface area contributed by atoms with Crippen molar-refractivity contribution in [2.75, 3.05) is 18.1 Å². The van der Waals surface area contributed by atoms with Crippen molar-refractivity contribution in [3.63, 3.8) is 0 Å². The van der Waals surface area contributed by atoms with E-state index in [1.54, 1.807) is 6.07 Å². The normalized spacial score (nSPS) is 19.8. The summed E-state index contributed by atoms with van der Waals surface area (Å²) in [6.45, 7) is -0.508. The van der Waals surface area contributed by atoms with Crippen molar-refractivity contribution in [2.24, 2.45) is 5.16 Å². The number of carbonyl (C=O) groups is 1. The highest BCUT2D eigenvalue weighted by atomic mass is 19.1. The molecule has 0 spiro atoms. The summed E-state index contributed by atoms with van der Waals surface area (Å²) in [6, 6.07) is 4.38. The van der Waals surface area contributed by atoms with Gasteiger partial charge in [0.15, 0.2) is 11.9 Å². The summed E-state index contributed by atoms with van der Waals surface area (Å²) in [5, 5.41) is 20.4. The monoisotopic (exact) mass is 471 g/mol. The van der Waals surface area contributed by atoms with Crippen LogP contribution in [0.5, 0.6) is 0 Å². The molecule has 0 saturated carbocycles. The summed E-state index contributed by atoms with van der Waals surface area (Å²) >= 11 is 0. The number of aliphatic hydroxyl groups is 1. The molecule has 1 N–H and O–H groups in total. The highest BCUT2D eigenvalue weighted by molar-refractivity contribution is 5.98. The molecular weight excluding hydrogens is 452 g/mol. The van der Waals surface area contributed by atoms with Gasteiger partial charge in [0, 0.05) is 29.9 Å². The van der Waals surface area contributed by atoms with Gasteiger partial charge in [-0.25, -0.2) is 28.2 Å². The molecule has 0 bridgehead atoms. The lowest BCUT2D eigenvalue weighted by Gasteiger charge is -2.14. The molecule has 11 nitrogen and oxygen atoms in total. The number of rotatable bonds is 7. The molecule has 13 heteroatoms. The van der Waals surface area contributed by atoms with Gasteiger partial charge < -0.3 is 14.7 Å². The van der Waals surface area contributed by atoms with Crippen LogP contribution in [0.15, 0.2) is 41.9 Å². The molecule has 1 amide bonds. The van der Waals surface area contributed by atoms with E-state index in [9.17, 15) is 13.6 Å². The van der Waals surface area contributed by atoms with E-state index < -0.39 is 30.8 Å². The van der Waals surface area contributed by atoms with Crippen molar-refractivity contribution in [3.05, 3.63) is 54.1 Å². The van der Waals surface area contributed by atoms with E-state index in [-0.39, 0.29) is 31.0 Å². The molecule has 1 fully saturated rings. The van der Waals surface area contributed by atoms with Gasteiger partial charge in [-0.15, -0.1) is 5.10 Å². The fourth-order valence-corrected chi connectivity index (χ4v) is 3.71. The Morgan fingerprint density at radius 1 is 1.21 bits per heavy atom. The van der Waals surface area contributed by atoms with Gasteiger partial charge in [-0.3, -0.25) is 4.90 Å².